The number of nitrogens with zero attached hydrogens (tertiary/aromatic N) is 2. The molecule has 0 saturated heterocycles. The second-order valence-electron chi connectivity index (χ2n) is 5.99. The van der Waals surface area contributed by atoms with Crippen LogP contribution < -0.4 is 5.32 Å². The molecule has 1 aliphatic carbocycles. The van der Waals surface area contributed by atoms with Crippen LogP contribution in [-0.4, -0.2) is 29.0 Å². The van der Waals surface area contributed by atoms with Gasteiger partial charge in [-0.2, -0.15) is 13.2 Å². The molecular weight excluding hydrogens is 299 g/mol. The van der Waals surface area contributed by atoms with Crippen molar-refractivity contribution in [2.75, 3.05) is 6.54 Å². The highest BCUT2D eigenvalue weighted by Gasteiger charge is 2.43. The van der Waals surface area contributed by atoms with Crippen LogP contribution in [-0.2, 0) is 6.42 Å². The van der Waals surface area contributed by atoms with Gasteiger partial charge in [-0.1, -0.05) is 20.3 Å². The Bertz CT molecular complexity index is 445. The standard InChI is InChI=1S/C14H22F3N3S/c1-9(2)18-7-6-12-19-20-13(21-12)10-4-3-5-11(8-10)14(15,16)17/h9-11,18H,3-8H2,1-2H3. The SMILES string of the molecule is CC(C)NCCc1nnc(C2CCCC(C(F)(F)F)C2)s1. The maximum atomic E-state index is 12.8. The Morgan fingerprint density at radius 3 is 2.71 bits per heavy atom. The Morgan fingerprint density at radius 2 is 2.05 bits per heavy atom. The number of nitrogens with one attached hydrogen (secondary N) is 1. The molecule has 0 aromatic carbocycles. The van der Waals surface area contributed by atoms with E-state index in [9.17, 15) is 13.2 Å². The van der Waals surface area contributed by atoms with E-state index >= 15 is 0 Å². The van der Waals surface area contributed by atoms with Crippen LogP contribution in [0.25, 0.3) is 0 Å². The van der Waals surface area contributed by atoms with Crippen LogP contribution in [0.5, 0.6) is 0 Å². The second-order valence-corrected chi connectivity index (χ2v) is 7.09. The molecule has 7 heteroatoms. The predicted octanol–water partition coefficient (Wildman–Crippen LogP) is 3.91. The summed E-state index contributed by atoms with van der Waals surface area (Å²) in [6.07, 6.45) is -1.45. The molecule has 1 fully saturated rings. The molecule has 0 bridgehead atoms. The number of aromatic nitrogens is 2. The van der Waals surface area contributed by atoms with E-state index in [0.29, 0.717) is 12.5 Å². The molecule has 2 rings (SSSR count). The van der Waals surface area contributed by atoms with Gasteiger partial charge in [0.1, 0.15) is 10.0 Å². The van der Waals surface area contributed by atoms with E-state index in [2.05, 4.69) is 29.4 Å². The second kappa shape index (κ2) is 7.05. The molecule has 2 unspecified atom stereocenters. The molecule has 0 amide bonds. The minimum absolute atomic E-state index is 0.0744. The van der Waals surface area contributed by atoms with Crippen LogP contribution in [0.3, 0.4) is 0 Å². The summed E-state index contributed by atoms with van der Waals surface area (Å²) in [5, 5.41) is 13.2. The van der Waals surface area contributed by atoms with E-state index in [1.165, 1.54) is 11.3 Å². The Balaban J connectivity index is 1.91. The predicted molar refractivity (Wildman–Crippen MR) is 77.5 cm³/mol. The first kappa shape index (κ1) is 16.7. The molecule has 0 aliphatic heterocycles. The van der Waals surface area contributed by atoms with Gasteiger partial charge < -0.3 is 5.32 Å². The van der Waals surface area contributed by atoms with Crippen LogP contribution in [0, 0.1) is 5.92 Å². The third-order valence-corrected chi connectivity index (χ3v) is 5.01. The smallest absolute Gasteiger partial charge is 0.314 e. The van der Waals surface area contributed by atoms with Crippen molar-refractivity contribution in [3.8, 4) is 0 Å². The lowest BCUT2D eigenvalue weighted by atomic mass is 9.81. The zero-order chi connectivity index (χ0) is 15.5. The third kappa shape index (κ3) is 4.92. The average Bonchev–Trinajstić information content (AvgIpc) is 2.86. The van der Waals surface area contributed by atoms with Crippen molar-refractivity contribution < 1.29 is 13.2 Å². The van der Waals surface area contributed by atoms with Crippen molar-refractivity contribution in [2.45, 2.75) is 64.1 Å². The molecule has 1 saturated carbocycles. The van der Waals surface area contributed by atoms with E-state index in [-0.39, 0.29) is 18.8 Å². The van der Waals surface area contributed by atoms with E-state index in [4.69, 9.17) is 0 Å². The Hall–Kier alpha value is -0.690. The van der Waals surface area contributed by atoms with Gasteiger partial charge in [-0.3, -0.25) is 0 Å². The highest BCUT2D eigenvalue weighted by Crippen LogP contribution is 2.44. The molecular formula is C14H22F3N3S. The first-order chi connectivity index (χ1) is 9.86. The molecule has 1 heterocycles. The van der Waals surface area contributed by atoms with Crippen molar-refractivity contribution >= 4 is 11.3 Å². The first-order valence-corrected chi connectivity index (χ1v) is 8.30. The van der Waals surface area contributed by atoms with Gasteiger partial charge in [-0.25, -0.2) is 0 Å². The fraction of sp³-hybridized carbons (Fsp3) is 0.857. The van der Waals surface area contributed by atoms with Crippen molar-refractivity contribution in [1.82, 2.24) is 15.5 Å². The molecule has 1 aliphatic rings. The lowest BCUT2D eigenvalue weighted by molar-refractivity contribution is -0.183. The van der Waals surface area contributed by atoms with Gasteiger partial charge in [0.25, 0.3) is 0 Å². The minimum Gasteiger partial charge on any atom is -0.314 e. The van der Waals surface area contributed by atoms with E-state index in [1.54, 1.807) is 0 Å². The molecule has 0 radical (unpaired) electrons. The van der Waals surface area contributed by atoms with Gasteiger partial charge in [-0.05, 0) is 19.3 Å². The highest BCUT2D eigenvalue weighted by molar-refractivity contribution is 7.11. The maximum absolute atomic E-state index is 12.8. The van der Waals surface area contributed by atoms with Crippen molar-refractivity contribution in [3.63, 3.8) is 0 Å². The van der Waals surface area contributed by atoms with E-state index < -0.39 is 12.1 Å². The number of rotatable bonds is 5. The van der Waals surface area contributed by atoms with Gasteiger partial charge in [-0.15, -0.1) is 21.5 Å². The van der Waals surface area contributed by atoms with Crippen LogP contribution in [0.2, 0.25) is 0 Å². The fourth-order valence-electron chi connectivity index (χ4n) is 2.71. The summed E-state index contributed by atoms with van der Waals surface area (Å²) in [5.74, 6) is -1.25. The summed E-state index contributed by atoms with van der Waals surface area (Å²) >= 11 is 1.47. The first-order valence-electron chi connectivity index (χ1n) is 7.48. The van der Waals surface area contributed by atoms with Gasteiger partial charge in [0, 0.05) is 24.9 Å². The van der Waals surface area contributed by atoms with Gasteiger partial charge in [0.05, 0.1) is 5.92 Å². The van der Waals surface area contributed by atoms with Gasteiger partial charge in [0.15, 0.2) is 0 Å². The summed E-state index contributed by atoms with van der Waals surface area (Å²) in [6, 6.07) is 0.420. The molecule has 120 valence electrons. The number of halogens is 3. The van der Waals surface area contributed by atoms with Crippen molar-refractivity contribution in [3.05, 3.63) is 10.0 Å². The molecule has 0 spiro atoms. The zero-order valence-corrected chi connectivity index (χ0v) is 13.2. The maximum Gasteiger partial charge on any atom is 0.391 e. The van der Waals surface area contributed by atoms with Crippen molar-refractivity contribution in [2.24, 2.45) is 5.92 Å². The molecule has 3 nitrogen and oxygen atoms in total. The van der Waals surface area contributed by atoms with Crippen LogP contribution >= 0.6 is 11.3 Å². The summed E-state index contributed by atoms with van der Waals surface area (Å²) < 4.78 is 38.5. The molecule has 1 N–H and O–H groups in total. The lowest BCUT2D eigenvalue weighted by Gasteiger charge is -2.29. The molecule has 1 aromatic heterocycles. The molecule has 2 atom stereocenters. The monoisotopic (exact) mass is 321 g/mol. The molecule has 1 aromatic rings. The normalized spacial score (nSPS) is 23.7. The minimum atomic E-state index is -4.08. The Labute approximate surface area is 127 Å². The molecule has 21 heavy (non-hydrogen) atoms. The quantitative estimate of drug-likeness (QED) is 0.893. The van der Waals surface area contributed by atoms with E-state index in [1.807, 2.05) is 0 Å². The van der Waals surface area contributed by atoms with Gasteiger partial charge >= 0.3 is 6.18 Å². The summed E-state index contributed by atoms with van der Waals surface area (Å²) in [6.45, 7) is 4.97. The van der Waals surface area contributed by atoms with Crippen LogP contribution in [0.4, 0.5) is 13.2 Å². The topological polar surface area (TPSA) is 37.8 Å². The number of alkyl halides is 3. The fourth-order valence-corrected chi connectivity index (χ4v) is 3.70. The number of hydrogen-bond acceptors (Lipinski definition) is 4. The third-order valence-electron chi connectivity index (χ3n) is 3.86. The van der Waals surface area contributed by atoms with Crippen LogP contribution in [0.15, 0.2) is 0 Å². The van der Waals surface area contributed by atoms with Crippen LogP contribution in [0.1, 0.15) is 55.5 Å². The lowest BCUT2D eigenvalue weighted by Crippen LogP contribution is -2.28. The van der Waals surface area contributed by atoms with Crippen molar-refractivity contribution in [1.29, 1.82) is 0 Å². The highest BCUT2D eigenvalue weighted by atomic mass is 32.1. The largest absolute Gasteiger partial charge is 0.391 e. The Morgan fingerprint density at radius 1 is 1.29 bits per heavy atom. The summed E-state index contributed by atoms with van der Waals surface area (Å²) in [5.41, 5.74) is 0. The van der Waals surface area contributed by atoms with E-state index in [0.717, 1.165) is 29.4 Å². The zero-order valence-electron chi connectivity index (χ0n) is 12.4. The summed E-state index contributed by atoms with van der Waals surface area (Å²) in [7, 11) is 0. The summed E-state index contributed by atoms with van der Waals surface area (Å²) in [4.78, 5) is 0. The average molecular weight is 321 g/mol. The Kier molecular flexibility index (Phi) is 5.60. The van der Waals surface area contributed by atoms with Gasteiger partial charge in [0.2, 0.25) is 0 Å². The number of hydrogen-bond donors (Lipinski definition) is 1.